The molecule has 0 amide bonds. The predicted molar refractivity (Wildman–Crippen MR) is 77.4 cm³/mol. The van der Waals surface area contributed by atoms with Gasteiger partial charge in [-0.05, 0) is 31.7 Å². The van der Waals surface area contributed by atoms with Crippen molar-refractivity contribution in [3.8, 4) is 0 Å². The summed E-state index contributed by atoms with van der Waals surface area (Å²) in [4.78, 5) is 12.4. The third kappa shape index (κ3) is 2.86. The van der Waals surface area contributed by atoms with Crippen LogP contribution in [0.4, 0.5) is 0 Å². The number of nitrogens with two attached hydrogens (primary N) is 1. The van der Waals surface area contributed by atoms with Crippen LogP contribution < -0.4 is 5.73 Å². The average molecular weight is 277 g/mol. The summed E-state index contributed by atoms with van der Waals surface area (Å²) < 4.78 is 10.9. The predicted octanol–water partition coefficient (Wildman–Crippen LogP) is 2.01. The Balaban J connectivity index is 2.30. The average Bonchev–Trinajstić information content (AvgIpc) is 2.90. The van der Waals surface area contributed by atoms with Crippen LogP contribution in [0.15, 0.2) is 30.3 Å². The van der Waals surface area contributed by atoms with Gasteiger partial charge in [0.1, 0.15) is 5.41 Å². The Morgan fingerprint density at radius 3 is 2.60 bits per heavy atom. The van der Waals surface area contributed by atoms with Crippen LogP contribution in [0.25, 0.3) is 0 Å². The van der Waals surface area contributed by atoms with E-state index < -0.39 is 5.41 Å². The Hall–Kier alpha value is -1.39. The van der Waals surface area contributed by atoms with Crippen molar-refractivity contribution in [3.63, 3.8) is 0 Å². The molecule has 4 nitrogen and oxygen atoms in total. The van der Waals surface area contributed by atoms with Crippen LogP contribution in [0.5, 0.6) is 0 Å². The maximum absolute atomic E-state index is 12.4. The van der Waals surface area contributed by atoms with E-state index >= 15 is 0 Å². The maximum atomic E-state index is 12.4. The van der Waals surface area contributed by atoms with Crippen LogP contribution in [0.2, 0.25) is 0 Å². The zero-order valence-corrected chi connectivity index (χ0v) is 12.2. The fourth-order valence-corrected chi connectivity index (χ4v) is 2.98. The number of carbonyl (C=O) groups is 1. The summed E-state index contributed by atoms with van der Waals surface area (Å²) in [6, 6.07) is 9.63. The highest BCUT2D eigenvalue weighted by atomic mass is 16.5. The maximum Gasteiger partial charge on any atom is 0.317 e. The van der Waals surface area contributed by atoms with Gasteiger partial charge in [-0.25, -0.2) is 0 Å². The largest absolute Gasteiger partial charge is 0.468 e. The highest BCUT2D eigenvalue weighted by molar-refractivity contribution is 5.83. The lowest BCUT2D eigenvalue weighted by Crippen LogP contribution is -2.46. The molecule has 0 spiro atoms. The summed E-state index contributed by atoms with van der Waals surface area (Å²) in [5.41, 5.74) is 6.06. The standard InChI is InChI=1S/C16H23NO3/c1-12-8-9-14(20-12)10-16(11-17,15(18)19-2)13-6-4-3-5-7-13/h3-7,12,14H,8-11,17H2,1-2H3. The number of carbonyl (C=O) groups excluding carboxylic acids is 1. The van der Waals surface area contributed by atoms with Gasteiger partial charge < -0.3 is 15.2 Å². The first-order valence-corrected chi connectivity index (χ1v) is 7.12. The number of methoxy groups -OCH3 is 1. The molecular weight excluding hydrogens is 254 g/mol. The van der Waals surface area contributed by atoms with Crippen molar-refractivity contribution in [2.75, 3.05) is 13.7 Å². The number of hydrogen-bond donors (Lipinski definition) is 1. The number of ether oxygens (including phenoxy) is 2. The molecule has 1 aromatic carbocycles. The van der Waals surface area contributed by atoms with Gasteiger partial charge in [-0.3, -0.25) is 4.79 Å². The first-order valence-electron chi connectivity index (χ1n) is 7.12. The molecule has 1 aliphatic heterocycles. The van der Waals surface area contributed by atoms with Gasteiger partial charge in [-0.1, -0.05) is 30.3 Å². The molecule has 1 aromatic rings. The first kappa shape index (κ1) is 15.0. The zero-order valence-electron chi connectivity index (χ0n) is 12.2. The molecule has 0 saturated carbocycles. The molecule has 4 heteroatoms. The molecule has 1 aliphatic rings. The Kier molecular flexibility index (Phi) is 4.78. The molecule has 0 radical (unpaired) electrons. The van der Waals surface area contributed by atoms with Gasteiger partial charge >= 0.3 is 5.97 Å². The summed E-state index contributed by atoms with van der Waals surface area (Å²) in [6.07, 6.45) is 2.88. The Morgan fingerprint density at radius 1 is 1.40 bits per heavy atom. The number of benzene rings is 1. The molecular formula is C16H23NO3. The summed E-state index contributed by atoms with van der Waals surface area (Å²) in [6.45, 7) is 2.28. The molecule has 1 fully saturated rings. The molecule has 2 N–H and O–H groups in total. The third-order valence-electron chi connectivity index (χ3n) is 4.15. The van der Waals surface area contributed by atoms with Crippen molar-refractivity contribution in [1.82, 2.24) is 0 Å². The van der Waals surface area contributed by atoms with Crippen molar-refractivity contribution >= 4 is 5.97 Å². The van der Waals surface area contributed by atoms with Crippen LogP contribution in [-0.4, -0.2) is 31.8 Å². The summed E-state index contributed by atoms with van der Waals surface area (Å²) in [7, 11) is 1.41. The minimum Gasteiger partial charge on any atom is -0.468 e. The van der Waals surface area contributed by atoms with Crippen LogP contribution in [0, 0.1) is 0 Å². The summed E-state index contributed by atoms with van der Waals surface area (Å²) in [5.74, 6) is -0.283. The van der Waals surface area contributed by atoms with Crippen LogP contribution in [0.3, 0.4) is 0 Å². The fourth-order valence-electron chi connectivity index (χ4n) is 2.98. The van der Waals surface area contributed by atoms with E-state index in [9.17, 15) is 4.79 Å². The van der Waals surface area contributed by atoms with E-state index in [1.807, 2.05) is 30.3 Å². The van der Waals surface area contributed by atoms with E-state index in [2.05, 4.69) is 6.92 Å². The van der Waals surface area contributed by atoms with Gasteiger partial charge in [0, 0.05) is 6.54 Å². The minimum atomic E-state index is -0.815. The topological polar surface area (TPSA) is 61.5 Å². The molecule has 3 unspecified atom stereocenters. The second-order valence-corrected chi connectivity index (χ2v) is 5.49. The van der Waals surface area contributed by atoms with Gasteiger partial charge in [-0.2, -0.15) is 0 Å². The minimum absolute atomic E-state index is 0.0628. The van der Waals surface area contributed by atoms with Crippen LogP contribution >= 0.6 is 0 Å². The molecule has 0 aromatic heterocycles. The van der Waals surface area contributed by atoms with Crippen molar-refractivity contribution in [2.45, 2.75) is 43.8 Å². The molecule has 0 aliphatic carbocycles. The zero-order chi connectivity index (χ0) is 14.6. The first-order chi connectivity index (χ1) is 9.62. The van der Waals surface area contributed by atoms with Crippen molar-refractivity contribution in [1.29, 1.82) is 0 Å². The lowest BCUT2D eigenvalue weighted by atomic mass is 9.75. The van der Waals surface area contributed by atoms with E-state index in [1.54, 1.807) is 0 Å². The van der Waals surface area contributed by atoms with E-state index in [0.717, 1.165) is 18.4 Å². The van der Waals surface area contributed by atoms with Gasteiger partial charge in [0.05, 0.1) is 19.3 Å². The molecule has 1 saturated heterocycles. The van der Waals surface area contributed by atoms with Gasteiger partial charge in [0.2, 0.25) is 0 Å². The van der Waals surface area contributed by atoms with Gasteiger partial charge in [-0.15, -0.1) is 0 Å². The quantitative estimate of drug-likeness (QED) is 0.836. The van der Waals surface area contributed by atoms with Crippen molar-refractivity contribution in [2.24, 2.45) is 5.73 Å². The Morgan fingerprint density at radius 2 is 2.10 bits per heavy atom. The smallest absolute Gasteiger partial charge is 0.317 e. The Labute approximate surface area is 120 Å². The highest BCUT2D eigenvalue weighted by Crippen LogP contribution is 2.35. The lowest BCUT2D eigenvalue weighted by Gasteiger charge is -2.32. The van der Waals surface area contributed by atoms with E-state index in [0.29, 0.717) is 6.42 Å². The monoisotopic (exact) mass is 277 g/mol. The Bertz CT molecular complexity index is 448. The van der Waals surface area contributed by atoms with Gasteiger partial charge in [0.15, 0.2) is 0 Å². The normalized spacial score (nSPS) is 25.1. The van der Waals surface area contributed by atoms with E-state index in [-0.39, 0.29) is 24.7 Å². The SMILES string of the molecule is COC(=O)C(CN)(CC1CCC(C)O1)c1ccccc1. The number of esters is 1. The summed E-state index contributed by atoms with van der Waals surface area (Å²) >= 11 is 0. The molecule has 0 bridgehead atoms. The molecule has 20 heavy (non-hydrogen) atoms. The van der Waals surface area contributed by atoms with Crippen LogP contribution in [0.1, 0.15) is 31.7 Å². The summed E-state index contributed by atoms with van der Waals surface area (Å²) in [5, 5.41) is 0. The highest BCUT2D eigenvalue weighted by Gasteiger charge is 2.43. The fraction of sp³-hybridized carbons (Fsp3) is 0.562. The molecule has 1 heterocycles. The third-order valence-corrected chi connectivity index (χ3v) is 4.15. The number of hydrogen-bond acceptors (Lipinski definition) is 4. The second-order valence-electron chi connectivity index (χ2n) is 5.49. The van der Waals surface area contributed by atoms with Crippen molar-refractivity contribution < 1.29 is 14.3 Å². The van der Waals surface area contributed by atoms with Gasteiger partial charge in [0.25, 0.3) is 0 Å². The molecule has 2 rings (SSSR count). The van der Waals surface area contributed by atoms with Crippen LogP contribution in [-0.2, 0) is 19.7 Å². The van der Waals surface area contributed by atoms with E-state index in [1.165, 1.54) is 7.11 Å². The lowest BCUT2D eigenvalue weighted by molar-refractivity contribution is -0.149. The molecule has 3 atom stereocenters. The van der Waals surface area contributed by atoms with Crippen molar-refractivity contribution in [3.05, 3.63) is 35.9 Å². The van der Waals surface area contributed by atoms with E-state index in [4.69, 9.17) is 15.2 Å². The number of rotatable bonds is 5. The second kappa shape index (κ2) is 6.37. The molecule has 110 valence electrons.